The number of nitrogens with zero attached hydrogens (tertiary/aromatic N) is 3. The van der Waals surface area contributed by atoms with Crippen LogP contribution >= 0.6 is 0 Å². The van der Waals surface area contributed by atoms with Crippen LogP contribution in [0.2, 0.25) is 0 Å². The van der Waals surface area contributed by atoms with Crippen LogP contribution in [0, 0.1) is 10.1 Å². The van der Waals surface area contributed by atoms with E-state index < -0.39 is 0 Å². The average Bonchev–Trinajstić information content (AvgIpc) is 3.03. The largest absolute Gasteiger partial charge is 0.330 e. The van der Waals surface area contributed by atoms with Gasteiger partial charge in [0, 0.05) is 43.5 Å². The predicted octanol–water partition coefficient (Wildman–Crippen LogP) is 2.89. The second-order valence-electron chi connectivity index (χ2n) is 5.55. The topological polar surface area (TPSA) is 87.0 Å². The Morgan fingerprint density at radius 3 is 2.50 bits per heavy atom. The van der Waals surface area contributed by atoms with Crippen LogP contribution in [0.3, 0.4) is 0 Å². The Morgan fingerprint density at radius 2 is 1.79 bits per heavy atom. The molecule has 0 aliphatic heterocycles. The van der Waals surface area contributed by atoms with Crippen LogP contribution in [0.25, 0.3) is 0 Å². The highest BCUT2D eigenvalue weighted by Crippen LogP contribution is 2.21. The van der Waals surface area contributed by atoms with Crippen LogP contribution in [-0.2, 0) is 19.5 Å². The molecule has 24 heavy (non-hydrogen) atoms. The summed E-state index contributed by atoms with van der Waals surface area (Å²) in [5, 5.41) is 11.2. The number of hydrogen-bond donors (Lipinski definition) is 1. The fourth-order valence-corrected chi connectivity index (χ4v) is 2.64. The number of hydrogen-bond acceptors (Lipinski definition) is 4. The third kappa shape index (κ3) is 3.49. The lowest BCUT2D eigenvalue weighted by molar-refractivity contribution is -0.385. The van der Waals surface area contributed by atoms with E-state index in [4.69, 9.17) is 5.73 Å². The summed E-state index contributed by atoms with van der Waals surface area (Å²) in [6.45, 7) is 1.19. The summed E-state index contributed by atoms with van der Waals surface area (Å²) in [6.07, 6.45) is 4.03. The molecule has 2 aromatic carbocycles. The van der Waals surface area contributed by atoms with Gasteiger partial charge < -0.3 is 10.3 Å². The standard InChI is InChI=1S/C18H18N4O2/c19-12-14-5-7-15(8-6-14)13-21-10-9-20-18(21)11-16-3-1-2-4-17(16)22(23)24/h1-10H,11-13,19H2. The highest BCUT2D eigenvalue weighted by Gasteiger charge is 2.15. The summed E-state index contributed by atoms with van der Waals surface area (Å²) in [4.78, 5) is 15.2. The number of nitro groups is 1. The molecule has 6 heteroatoms. The summed E-state index contributed by atoms with van der Waals surface area (Å²) in [5.41, 5.74) is 8.62. The Hall–Kier alpha value is -2.99. The van der Waals surface area contributed by atoms with Gasteiger partial charge in [-0.3, -0.25) is 10.1 Å². The number of nitro benzene ring substituents is 1. The first kappa shape index (κ1) is 15.9. The van der Waals surface area contributed by atoms with Crippen molar-refractivity contribution in [2.75, 3.05) is 0 Å². The number of aromatic nitrogens is 2. The second kappa shape index (κ2) is 7.06. The molecule has 1 heterocycles. The van der Waals surface area contributed by atoms with Gasteiger partial charge in [0.25, 0.3) is 5.69 Å². The summed E-state index contributed by atoms with van der Waals surface area (Å²) in [5.74, 6) is 0.798. The molecule has 0 saturated heterocycles. The van der Waals surface area contributed by atoms with E-state index in [0.29, 0.717) is 25.1 Å². The third-order valence-electron chi connectivity index (χ3n) is 3.95. The first-order chi connectivity index (χ1) is 11.7. The van der Waals surface area contributed by atoms with Gasteiger partial charge in [0.15, 0.2) is 0 Å². The van der Waals surface area contributed by atoms with E-state index in [0.717, 1.165) is 17.0 Å². The molecular formula is C18H18N4O2. The molecule has 0 radical (unpaired) electrons. The van der Waals surface area contributed by atoms with Crippen molar-refractivity contribution >= 4 is 5.69 Å². The molecule has 0 aliphatic carbocycles. The minimum Gasteiger partial charge on any atom is -0.330 e. The molecule has 0 bridgehead atoms. The van der Waals surface area contributed by atoms with Gasteiger partial charge in [-0.2, -0.15) is 0 Å². The lowest BCUT2D eigenvalue weighted by atomic mass is 10.1. The van der Waals surface area contributed by atoms with Gasteiger partial charge in [-0.25, -0.2) is 4.98 Å². The van der Waals surface area contributed by atoms with E-state index in [-0.39, 0.29) is 10.6 Å². The van der Waals surface area contributed by atoms with Crippen LogP contribution in [0.4, 0.5) is 5.69 Å². The van der Waals surface area contributed by atoms with Gasteiger partial charge >= 0.3 is 0 Å². The molecule has 3 aromatic rings. The van der Waals surface area contributed by atoms with E-state index >= 15 is 0 Å². The fourth-order valence-electron chi connectivity index (χ4n) is 2.64. The molecule has 2 N–H and O–H groups in total. The zero-order valence-electron chi connectivity index (χ0n) is 13.1. The van der Waals surface area contributed by atoms with Gasteiger partial charge in [-0.15, -0.1) is 0 Å². The number of imidazole rings is 1. The second-order valence-corrected chi connectivity index (χ2v) is 5.55. The van der Waals surface area contributed by atoms with Crippen LogP contribution < -0.4 is 5.73 Å². The highest BCUT2D eigenvalue weighted by molar-refractivity contribution is 5.41. The van der Waals surface area contributed by atoms with Crippen molar-refractivity contribution in [3.8, 4) is 0 Å². The molecule has 0 amide bonds. The summed E-state index contributed by atoms with van der Waals surface area (Å²) in [7, 11) is 0. The van der Waals surface area contributed by atoms with Crippen molar-refractivity contribution in [2.24, 2.45) is 5.73 Å². The van der Waals surface area contributed by atoms with Gasteiger partial charge in [0.2, 0.25) is 0 Å². The monoisotopic (exact) mass is 322 g/mol. The maximum absolute atomic E-state index is 11.2. The van der Waals surface area contributed by atoms with Crippen molar-refractivity contribution in [1.29, 1.82) is 0 Å². The van der Waals surface area contributed by atoms with Crippen LogP contribution in [0.1, 0.15) is 22.5 Å². The van der Waals surface area contributed by atoms with E-state index in [2.05, 4.69) is 4.98 Å². The Bertz CT molecular complexity index is 840. The molecule has 0 atom stereocenters. The minimum absolute atomic E-state index is 0.124. The number of para-hydroxylation sites is 1. The molecule has 6 nitrogen and oxygen atoms in total. The normalized spacial score (nSPS) is 10.7. The van der Waals surface area contributed by atoms with E-state index in [1.807, 2.05) is 35.0 Å². The Morgan fingerprint density at radius 1 is 1.08 bits per heavy atom. The number of nitrogens with two attached hydrogens (primary N) is 1. The van der Waals surface area contributed by atoms with Crippen molar-refractivity contribution in [1.82, 2.24) is 9.55 Å². The maximum Gasteiger partial charge on any atom is 0.273 e. The molecular weight excluding hydrogens is 304 g/mol. The zero-order chi connectivity index (χ0) is 16.9. The van der Waals surface area contributed by atoms with Crippen LogP contribution in [0.15, 0.2) is 60.9 Å². The van der Waals surface area contributed by atoms with Gasteiger partial charge in [-0.05, 0) is 11.1 Å². The first-order valence-corrected chi connectivity index (χ1v) is 7.67. The fraction of sp³-hybridized carbons (Fsp3) is 0.167. The SMILES string of the molecule is NCc1ccc(Cn2ccnc2Cc2ccccc2[N+](=O)[O-])cc1. The van der Waals surface area contributed by atoms with Gasteiger partial charge in [0.1, 0.15) is 5.82 Å². The van der Waals surface area contributed by atoms with Crippen LogP contribution in [0.5, 0.6) is 0 Å². The number of benzene rings is 2. The van der Waals surface area contributed by atoms with Crippen LogP contribution in [-0.4, -0.2) is 14.5 Å². The molecule has 0 unspecified atom stereocenters. The first-order valence-electron chi connectivity index (χ1n) is 7.67. The molecule has 0 saturated carbocycles. The smallest absolute Gasteiger partial charge is 0.273 e. The average molecular weight is 322 g/mol. The van der Waals surface area contributed by atoms with Crippen molar-refractivity contribution in [3.63, 3.8) is 0 Å². The minimum atomic E-state index is -0.353. The lowest BCUT2D eigenvalue weighted by Crippen LogP contribution is -2.06. The predicted molar refractivity (Wildman–Crippen MR) is 91.6 cm³/mol. The highest BCUT2D eigenvalue weighted by atomic mass is 16.6. The molecule has 0 aliphatic rings. The van der Waals surface area contributed by atoms with Crippen molar-refractivity contribution in [3.05, 3.63) is 93.6 Å². The summed E-state index contributed by atoms with van der Waals surface area (Å²) >= 11 is 0. The molecule has 122 valence electrons. The third-order valence-corrected chi connectivity index (χ3v) is 3.95. The number of rotatable bonds is 6. The lowest BCUT2D eigenvalue weighted by Gasteiger charge is -2.09. The maximum atomic E-state index is 11.2. The summed E-state index contributed by atoms with van der Waals surface area (Å²) < 4.78 is 2.01. The molecule has 3 rings (SSSR count). The molecule has 1 aromatic heterocycles. The molecule has 0 fully saturated rings. The van der Waals surface area contributed by atoms with Crippen molar-refractivity contribution < 1.29 is 4.92 Å². The van der Waals surface area contributed by atoms with Gasteiger partial charge in [0.05, 0.1) is 4.92 Å². The quantitative estimate of drug-likeness (QED) is 0.558. The Labute approximate surface area is 139 Å². The zero-order valence-corrected chi connectivity index (χ0v) is 13.1. The molecule has 0 spiro atoms. The van der Waals surface area contributed by atoms with E-state index in [9.17, 15) is 10.1 Å². The van der Waals surface area contributed by atoms with E-state index in [1.54, 1.807) is 24.4 Å². The Balaban J connectivity index is 1.82. The van der Waals surface area contributed by atoms with E-state index in [1.165, 1.54) is 6.07 Å². The van der Waals surface area contributed by atoms with Crippen molar-refractivity contribution in [2.45, 2.75) is 19.5 Å². The van der Waals surface area contributed by atoms with Gasteiger partial charge in [-0.1, -0.05) is 42.5 Å². The summed E-state index contributed by atoms with van der Waals surface area (Å²) in [6, 6.07) is 14.9. The Kier molecular flexibility index (Phi) is 4.67.